The molecule has 92 valence electrons. The van der Waals surface area contributed by atoms with Crippen LogP contribution in [-0.2, 0) is 6.42 Å². The van der Waals surface area contributed by atoms with E-state index in [-0.39, 0.29) is 6.04 Å². The Bertz CT molecular complexity index is 367. The van der Waals surface area contributed by atoms with Crippen molar-refractivity contribution in [1.82, 2.24) is 10.2 Å². The van der Waals surface area contributed by atoms with Gasteiger partial charge in [-0.1, -0.05) is 30.3 Å². The summed E-state index contributed by atoms with van der Waals surface area (Å²) in [6, 6.07) is 10.1. The van der Waals surface area contributed by atoms with E-state index >= 15 is 0 Å². The normalized spacial score (nSPS) is 20.9. The first-order chi connectivity index (χ1) is 8.27. The van der Waals surface area contributed by atoms with Crippen LogP contribution in [-0.4, -0.2) is 41.8 Å². The van der Waals surface area contributed by atoms with Gasteiger partial charge in [-0.25, -0.2) is 4.79 Å². The van der Waals surface area contributed by atoms with Gasteiger partial charge in [0.05, 0.1) is 6.04 Å². The van der Waals surface area contributed by atoms with Crippen LogP contribution in [0.4, 0.5) is 4.79 Å². The number of hydrogen-bond donors (Lipinski definition) is 2. The summed E-state index contributed by atoms with van der Waals surface area (Å²) in [5.74, 6) is 0. The lowest BCUT2D eigenvalue weighted by molar-refractivity contribution is 0.128. The molecule has 4 nitrogen and oxygen atoms in total. The average Bonchev–Trinajstić information content (AvgIpc) is 2.56. The Hall–Kier alpha value is -1.55. The number of hydrogen-bond acceptors (Lipinski definition) is 2. The van der Waals surface area contributed by atoms with Crippen LogP contribution in [0.25, 0.3) is 0 Å². The van der Waals surface area contributed by atoms with E-state index in [1.807, 2.05) is 30.3 Å². The van der Waals surface area contributed by atoms with E-state index in [4.69, 9.17) is 0 Å². The second kappa shape index (κ2) is 5.68. The van der Waals surface area contributed by atoms with Crippen molar-refractivity contribution in [3.05, 3.63) is 35.9 Å². The molecule has 2 rings (SSSR count). The van der Waals surface area contributed by atoms with Crippen LogP contribution in [0.1, 0.15) is 12.0 Å². The first-order valence-corrected chi connectivity index (χ1v) is 6.01. The summed E-state index contributed by atoms with van der Waals surface area (Å²) in [5, 5.41) is 12.5. The molecule has 1 aliphatic rings. The molecule has 1 aromatic carbocycles. The molecule has 1 saturated heterocycles. The van der Waals surface area contributed by atoms with Crippen molar-refractivity contribution in [1.29, 1.82) is 0 Å². The van der Waals surface area contributed by atoms with Crippen LogP contribution < -0.4 is 5.32 Å². The van der Waals surface area contributed by atoms with Crippen LogP contribution in [0.2, 0.25) is 0 Å². The summed E-state index contributed by atoms with van der Waals surface area (Å²) < 4.78 is 0. The summed E-state index contributed by atoms with van der Waals surface area (Å²) in [4.78, 5) is 12.8. The predicted octanol–water partition coefficient (Wildman–Crippen LogP) is 1.57. The monoisotopic (exact) mass is 234 g/mol. The summed E-state index contributed by atoms with van der Waals surface area (Å²) in [6.45, 7) is 2.26. The minimum Gasteiger partial charge on any atom is -0.465 e. The average molecular weight is 234 g/mol. The van der Waals surface area contributed by atoms with Crippen LogP contribution >= 0.6 is 0 Å². The maximum absolute atomic E-state index is 11.2. The number of rotatable bonds is 2. The number of carbonyl (C=O) groups is 1. The minimum atomic E-state index is -0.811. The Balaban J connectivity index is 2.07. The van der Waals surface area contributed by atoms with E-state index in [9.17, 15) is 9.90 Å². The Morgan fingerprint density at radius 1 is 1.41 bits per heavy atom. The molecule has 17 heavy (non-hydrogen) atoms. The van der Waals surface area contributed by atoms with Gasteiger partial charge in [0.25, 0.3) is 0 Å². The van der Waals surface area contributed by atoms with Crippen molar-refractivity contribution >= 4 is 6.09 Å². The van der Waals surface area contributed by atoms with E-state index in [1.165, 1.54) is 5.56 Å². The number of amides is 1. The number of benzene rings is 1. The molecular weight excluding hydrogens is 216 g/mol. The Morgan fingerprint density at radius 3 is 2.88 bits per heavy atom. The molecule has 1 amide bonds. The summed E-state index contributed by atoms with van der Waals surface area (Å²) in [5.41, 5.74) is 1.19. The lowest BCUT2D eigenvalue weighted by Crippen LogP contribution is -2.44. The van der Waals surface area contributed by atoms with Gasteiger partial charge in [0.15, 0.2) is 0 Å². The first-order valence-electron chi connectivity index (χ1n) is 6.01. The van der Waals surface area contributed by atoms with Gasteiger partial charge in [0.1, 0.15) is 0 Å². The number of nitrogens with zero attached hydrogens (tertiary/aromatic N) is 1. The molecule has 1 aliphatic heterocycles. The molecule has 0 aliphatic carbocycles. The molecule has 0 aromatic heterocycles. The maximum Gasteiger partial charge on any atom is 0.407 e. The highest BCUT2D eigenvalue weighted by atomic mass is 16.4. The van der Waals surface area contributed by atoms with Gasteiger partial charge in [-0.05, 0) is 24.9 Å². The van der Waals surface area contributed by atoms with Crippen LogP contribution in [0, 0.1) is 0 Å². The highest BCUT2D eigenvalue weighted by Gasteiger charge is 2.24. The van der Waals surface area contributed by atoms with E-state index < -0.39 is 6.09 Å². The Kier molecular flexibility index (Phi) is 3.98. The highest BCUT2D eigenvalue weighted by molar-refractivity contribution is 5.65. The van der Waals surface area contributed by atoms with Crippen molar-refractivity contribution in [3.8, 4) is 0 Å². The molecule has 4 heteroatoms. The molecule has 0 spiro atoms. The zero-order valence-corrected chi connectivity index (χ0v) is 9.80. The second-order valence-electron chi connectivity index (χ2n) is 4.38. The fourth-order valence-corrected chi connectivity index (χ4v) is 2.26. The van der Waals surface area contributed by atoms with E-state index in [2.05, 4.69) is 5.32 Å². The van der Waals surface area contributed by atoms with Gasteiger partial charge in [-0.15, -0.1) is 0 Å². The Morgan fingerprint density at radius 2 is 2.18 bits per heavy atom. The third-order valence-electron chi connectivity index (χ3n) is 3.13. The molecule has 0 radical (unpaired) electrons. The maximum atomic E-state index is 11.2. The van der Waals surface area contributed by atoms with Gasteiger partial charge in [0.2, 0.25) is 0 Å². The fourth-order valence-electron chi connectivity index (χ4n) is 2.26. The smallest absolute Gasteiger partial charge is 0.407 e. The fraction of sp³-hybridized carbons (Fsp3) is 0.462. The number of nitrogens with one attached hydrogen (secondary N) is 1. The molecule has 1 atom stereocenters. The van der Waals surface area contributed by atoms with Gasteiger partial charge in [-0.3, -0.25) is 0 Å². The SMILES string of the molecule is O=C(O)N1CCCNCC1Cc1ccccc1. The largest absolute Gasteiger partial charge is 0.465 e. The summed E-state index contributed by atoms with van der Waals surface area (Å²) in [7, 11) is 0. The molecule has 1 aromatic rings. The van der Waals surface area contributed by atoms with Crippen molar-refractivity contribution in [2.45, 2.75) is 18.9 Å². The molecule has 0 bridgehead atoms. The van der Waals surface area contributed by atoms with Gasteiger partial charge in [0, 0.05) is 13.1 Å². The minimum absolute atomic E-state index is 0.0393. The van der Waals surface area contributed by atoms with Crippen LogP contribution in [0.3, 0.4) is 0 Å². The molecular formula is C13H18N2O2. The molecule has 0 saturated carbocycles. The third kappa shape index (κ3) is 3.20. The standard InChI is InChI=1S/C13H18N2O2/c16-13(17)15-8-4-7-14-10-12(15)9-11-5-2-1-3-6-11/h1-3,5-6,12,14H,4,7-10H2,(H,16,17). The molecule has 1 fully saturated rings. The van der Waals surface area contributed by atoms with E-state index in [1.54, 1.807) is 4.90 Å². The summed E-state index contributed by atoms with van der Waals surface area (Å²) in [6.07, 6.45) is 0.854. The summed E-state index contributed by atoms with van der Waals surface area (Å²) >= 11 is 0. The quantitative estimate of drug-likeness (QED) is 0.816. The predicted molar refractivity (Wildman–Crippen MR) is 66.2 cm³/mol. The topological polar surface area (TPSA) is 52.6 Å². The lowest BCUT2D eigenvalue weighted by Gasteiger charge is -2.27. The van der Waals surface area contributed by atoms with Gasteiger partial charge in [-0.2, -0.15) is 0 Å². The van der Waals surface area contributed by atoms with Gasteiger partial charge < -0.3 is 15.3 Å². The van der Waals surface area contributed by atoms with Crippen molar-refractivity contribution in [2.75, 3.05) is 19.6 Å². The Labute approximate surface area is 101 Å². The molecule has 1 unspecified atom stereocenters. The van der Waals surface area contributed by atoms with Crippen LogP contribution in [0.5, 0.6) is 0 Å². The first kappa shape index (κ1) is 11.9. The van der Waals surface area contributed by atoms with Gasteiger partial charge >= 0.3 is 6.09 Å². The zero-order chi connectivity index (χ0) is 12.1. The molecule has 1 heterocycles. The van der Waals surface area contributed by atoms with E-state index in [0.29, 0.717) is 6.54 Å². The zero-order valence-electron chi connectivity index (χ0n) is 9.80. The molecule has 2 N–H and O–H groups in total. The lowest BCUT2D eigenvalue weighted by atomic mass is 10.1. The second-order valence-corrected chi connectivity index (χ2v) is 4.38. The van der Waals surface area contributed by atoms with Crippen molar-refractivity contribution in [2.24, 2.45) is 0 Å². The van der Waals surface area contributed by atoms with Crippen LogP contribution in [0.15, 0.2) is 30.3 Å². The highest BCUT2D eigenvalue weighted by Crippen LogP contribution is 2.11. The van der Waals surface area contributed by atoms with Crippen molar-refractivity contribution < 1.29 is 9.90 Å². The van der Waals surface area contributed by atoms with Crippen molar-refractivity contribution in [3.63, 3.8) is 0 Å². The third-order valence-corrected chi connectivity index (χ3v) is 3.13. The van der Waals surface area contributed by atoms with E-state index in [0.717, 1.165) is 25.9 Å². The number of carboxylic acid groups (broad SMARTS) is 1.